The normalized spacial score (nSPS) is 32.1. The second-order valence-electron chi connectivity index (χ2n) is 4.17. The molecular formula is C11H11NO2. The molecule has 0 unspecified atom stereocenters. The number of hydrogen-bond acceptors (Lipinski definition) is 2. The van der Waals surface area contributed by atoms with Crippen molar-refractivity contribution < 1.29 is 9.90 Å². The molecule has 0 amide bonds. The molecule has 1 aromatic carbocycles. The summed E-state index contributed by atoms with van der Waals surface area (Å²) >= 11 is 0. The number of anilines is 1. The van der Waals surface area contributed by atoms with Crippen LogP contribution >= 0.6 is 0 Å². The number of carboxylic acids is 1. The van der Waals surface area contributed by atoms with Crippen LogP contribution in [-0.2, 0) is 11.2 Å². The van der Waals surface area contributed by atoms with Gasteiger partial charge in [0.25, 0.3) is 0 Å². The van der Waals surface area contributed by atoms with Crippen LogP contribution in [0.25, 0.3) is 0 Å². The van der Waals surface area contributed by atoms with Gasteiger partial charge in [-0.15, -0.1) is 0 Å². The summed E-state index contributed by atoms with van der Waals surface area (Å²) in [6.07, 6.45) is 0.851. The van der Waals surface area contributed by atoms with E-state index in [4.69, 9.17) is 10.8 Å². The Bertz CT molecular complexity index is 427. The number of nitrogens with two attached hydrogens (primary N) is 1. The molecule has 0 spiro atoms. The molecule has 3 N–H and O–H groups in total. The van der Waals surface area contributed by atoms with Crippen molar-refractivity contribution in [2.24, 2.45) is 11.8 Å². The van der Waals surface area contributed by atoms with Crippen LogP contribution in [-0.4, -0.2) is 11.1 Å². The molecule has 2 aliphatic carbocycles. The van der Waals surface area contributed by atoms with Crippen LogP contribution in [0.2, 0.25) is 0 Å². The molecule has 1 fully saturated rings. The second-order valence-corrected chi connectivity index (χ2v) is 4.17. The van der Waals surface area contributed by atoms with Crippen molar-refractivity contribution in [3.8, 4) is 0 Å². The highest BCUT2D eigenvalue weighted by atomic mass is 16.4. The van der Waals surface area contributed by atoms with Gasteiger partial charge in [0.1, 0.15) is 0 Å². The van der Waals surface area contributed by atoms with Crippen LogP contribution in [0.5, 0.6) is 0 Å². The van der Waals surface area contributed by atoms with Crippen molar-refractivity contribution in [3.63, 3.8) is 0 Å². The van der Waals surface area contributed by atoms with Crippen molar-refractivity contribution in [3.05, 3.63) is 29.3 Å². The summed E-state index contributed by atoms with van der Waals surface area (Å²) in [6, 6.07) is 5.81. The highest BCUT2D eigenvalue weighted by Crippen LogP contribution is 2.62. The number of hydrogen-bond donors (Lipinski definition) is 2. The first-order valence-electron chi connectivity index (χ1n) is 4.80. The Kier molecular flexibility index (Phi) is 1.29. The van der Waals surface area contributed by atoms with Crippen LogP contribution < -0.4 is 5.73 Å². The molecule has 3 atom stereocenters. The van der Waals surface area contributed by atoms with Gasteiger partial charge in [0.2, 0.25) is 0 Å². The SMILES string of the molecule is Nc1cccc2c1C[C@@H]1[C@H](C(=O)O)[C@@H]21. The van der Waals surface area contributed by atoms with Crippen molar-refractivity contribution in [1.82, 2.24) is 0 Å². The van der Waals surface area contributed by atoms with Gasteiger partial charge in [0.05, 0.1) is 5.92 Å². The van der Waals surface area contributed by atoms with Gasteiger partial charge in [0.15, 0.2) is 0 Å². The minimum atomic E-state index is -0.659. The molecule has 72 valence electrons. The Labute approximate surface area is 81.5 Å². The second kappa shape index (κ2) is 2.29. The van der Waals surface area contributed by atoms with Gasteiger partial charge < -0.3 is 10.8 Å². The van der Waals surface area contributed by atoms with E-state index in [1.807, 2.05) is 18.2 Å². The molecular weight excluding hydrogens is 178 g/mol. The molecule has 0 bridgehead atoms. The number of fused-ring (bicyclic) bond motifs is 3. The topological polar surface area (TPSA) is 63.3 Å². The van der Waals surface area contributed by atoms with Gasteiger partial charge in [-0.3, -0.25) is 4.79 Å². The lowest BCUT2D eigenvalue weighted by Crippen LogP contribution is -2.06. The first kappa shape index (κ1) is 7.85. The van der Waals surface area contributed by atoms with Crippen LogP contribution in [0.1, 0.15) is 17.0 Å². The van der Waals surface area contributed by atoms with E-state index in [-0.39, 0.29) is 11.8 Å². The fourth-order valence-electron chi connectivity index (χ4n) is 2.80. The third-order valence-corrected chi connectivity index (χ3v) is 3.50. The minimum Gasteiger partial charge on any atom is -0.481 e. The van der Waals surface area contributed by atoms with E-state index in [1.165, 1.54) is 11.1 Å². The molecule has 0 aromatic heterocycles. The van der Waals surface area contributed by atoms with Crippen molar-refractivity contribution in [2.75, 3.05) is 5.73 Å². The monoisotopic (exact) mass is 189 g/mol. The molecule has 1 aromatic rings. The number of benzene rings is 1. The lowest BCUT2D eigenvalue weighted by Gasteiger charge is -2.07. The number of nitrogen functional groups attached to an aromatic ring is 1. The number of carbonyl (C=O) groups is 1. The van der Waals surface area contributed by atoms with Gasteiger partial charge in [-0.05, 0) is 29.5 Å². The number of rotatable bonds is 1. The average Bonchev–Trinajstić information content (AvgIpc) is 2.73. The van der Waals surface area contributed by atoms with Crippen molar-refractivity contribution in [2.45, 2.75) is 12.3 Å². The fraction of sp³-hybridized carbons (Fsp3) is 0.364. The summed E-state index contributed by atoms with van der Waals surface area (Å²) in [6.45, 7) is 0. The lowest BCUT2D eigenvalue weighted by molar-refractivity contribution is -0.139. The van der Waals surface area contributed by atoms with Crippen molar-refractivity contribution >= 4 is 11.7 Å². The van der Waals surface area contributed by atoms with Gasteiger partial charge in [-0.25, -0.2) is 0 Å². The summed E-state index contributed by atoms with van der Waals surface area (Å²) in [4.78, 5) is 10.8. The molecule has 1 saturated carbocycles. The van der Waals surface area contributed by atoms with E-state index in [1.54, 1.807) is 0 Å². The maximum Gasteiger partial charge on any atom is 0.307 e. The minimum absolute atomic E-state index is 0.149. The Morgan fingerprint density at radius 1 is 1.50 bits per heavy atom. The molecule has 0 heterocycles. The largest absolute Gasteiger partial charge is 0.481 e. The molecule has 14 heavy (non-hydrogen) atoms. The number of aliphatic carboxylic acids is 1. The fourth-order valence-corrected chi connectivity index (χ4v) is 2.80. The summed E-state index contributed by atoms with van der Waals surface area (Å²) < 4.78 is 0. The van der Waals surface area contributed by atoms with Crippen LogP contribution in [0.15, 0.2) is 18.2 Å². The first-order valence-corrected chi connectivity index (χ1v) is 4.80. The number of carboxylic acid groups (broad SMARTS) is 1. The van der Waals surface area contributed by atoms with E-state index in [9.17, 15) is 4.79 Å². The van der Waals surface area contributed by atoms with Crippen LogP contribution in [0.3, 0.4) is 0 Å². The van der Waals surface area contributed by atoms with Crippen LogP contribution in [0, 0.1) is 11.8 Å². The average molecular weight is 189 g/mol. The smallest absolute Gasteiger partial charge is 0.307 e. The molecule has 3 nitrogen and oxygen atoms in total. The molecule has 3 rings (SSSR count). The lowest BCUT2D eigenvalue weighted by atomic mass is 10.0. The first-order chi connectivity index (χ1) is 6.70. The van der Waals surface area contributed by atoms with Gasteiger partial charge in [0, 0.05) is 11.6 Å². The molecule has 2 aliphatic rings. The molecule has 3 heteroatoms. The quantitative estimate of drug-likeness (QED) is 0.653. The Hall–Kier alpha value is -1.51. The Morgan fingerprint density at radius 3 is 3.00 bits per heavy atom. The zero-order valence-electron chi connectivity index (χ0n) is 7.60. The summed E-state index contributed by atoms with van der Waals surface area (Å²) in [5, 5.41) is 8.92. The molecule has 0 saturated heterocycles. The zero-order chi connectivity index (χ0) is 9.87. The van der Waals surface area contributed by atoms with Crippen molar-refractivity contribution in [1.29, 1.82) is 0 Å². The van der Waals surface area contributed by atoms with E-state index >= 15 is 0 Å². The maximum atomic E-state index is 10.8. The van der Waals surface area contributed by atoms with E-state index in [2.05, 4.69) is 0 Å². The molecule has 0 radical (unpaired) electrons. The van der Waals surface area contributed by atoms with Gasteiger partial charge >= 0.3 is 5.97 Å². The third-order valence-electron chi connectivity index (χ3n) is 3.50. The third kappa shape index (κ3) is 0.794. The Morgan fingerprint density at radius 2 is 2.29 bits per heavy atom. The zero-order valence-corrected chi connectivity index (χ0v) is 7.60. The predicted octanol–water partition coefficient (Wildman–Crippen LogP) is 1.24. The predicted molar refractivity (Wildman–Crippen MR) is 51.9 cm³/mol. The highest BCUT2D eigenvalue weighted by molar-refractivity contribution is 5.78. The van der Waals surface area contributed by atoms with Gasteiger partial charge in [-0.2, -0.15) is 0 Å². The van der Waals surface area contributed by atoms with Gasteiger partial charge in [-0.1, -0.05) is 12.1 Å². The Balaban J connectivity index is 2.03. The summed E-state index contributed by atoms with van der Waals surface area (Å²) in [7, 11) is 0. The van der Waals surface area contributed by atoms with Crippen LogP contribution in [0.4, 0.5) is 5.69 Å². The van der Waals surface area contributed by atoms with E-state index < -0.39 is 5.97 Å². The van der Waals surface area contributed by atoms with E-state index in [0.717, 1.165) is 12.1 Å². The highest BCUT2D eigenvalue weighted by Gasteiger charge is 2.59. The molecule has 0 aliphatic heterocycles. The van der Waals surface area contributed by atoms with E-state index in [0.29, 0.717) is 5.92 Å². The summed E-state index contributed by atoms with van der Waals surface area (Å²) in [5.41, 5.74) is 9.00. The maximum absolute atomic E-state index is 10.8. The summed E-state index contributed by atoms with van der Waals surface area (Å²) in [5.74, 6) is -0.254. The standard InChI is InChI=1S/C11H11NO2/c12-8-3-1-2-5-6(8)4-7-9(5)10(7)11(13)14/h1-3,7,9-10H,4,12H2,(H,13,14)/t7-,9-,10-/m0/s1.